The molecule has 0 atom stereocenters. The minimum Gasteiger partial charge on any atom is -0.352 e. The molecule has 2 aromatic rings. The lowest BCUT2D eigenvalue weighted by Crippen LogP contribution is -2.20. The zero-order chi connectivity index (χ0) is 25.3. The third kappa shape index (κ3) is 4.97. The van der Waals surface area contributed by atoms with Gasteiger partial charge in [0.2, 0.25) is 11.5 Å². The first kappa shape index (κ1) is 24.2. The van der Waals surface area contributed by atoms with Gasteiger partial charge in [0, 0.05) is 22.8 Å². The van der Waals surface area contributed by atoms with Crippen LogP contribution in [0.25, 0.3) is 0 Å². The van der Waals surface area contributed by atoms with Crippen molar-refractivity contribution in [1.82, 2.24) is 0 Å². The van der Waals surface area contributed by atoms with E-state index in [1.807, 2.05) is 20.8 Å². The van der Waals surface area contributed by atoms with Gasteiger partial charge in [-0.3, -0.25) is 9.59 Å². The van der Waals surface area contributed by atoms with E-state index in [0.717, 1.165) is 5.56 Å². The standard InChI is InChI=1S/C27H24N2O5S/c1-16(2)22-14-23(18(4)13-25(22)30)28-34-26-15-24(20-7-5-6-8-21(20)27(26)31)29-35(32,33)19-11-9-17(3)10-12-19/h5-16H,1-4H3/b28-23+,29-24-. The van der Waals surface area contributed by atoms with Gasteiger partial charge < -0.3 is 4.84 Å². The summed E-state index contributed by atoms with van der Waals surface area (Å²) in [5, 5.41) is 4.10. The SMILES string of the molecule is CC1=CC(=O)C(C(C)C)=C/C1=N\OC1=C/C(=N/S(=O)(=O)c2ccc(C)cc2)c2ccccc2C1=O. The summed E-state index contributed by atoms with van der Waals surface area (Å²) in [7, 11) is -4.04. The van der Waals surface area contributed by atoms with Crippen LogP contribution in [0.4, 0.5) is 0 Å². The number of fused-ring (bicyclic) bond motifs is 1. The van der Waals surface area contributed by atoms with Crippen LogP contribution in [0.1, 0.15) is 42.3 Å². The lowest BCUT2D eigenvalue weighted by Gasteiger charge is -2.17. The zero-order valence-electron chi connectivity index (χ0n) is 19.8. The monoisotopic (exact) mass is 488 g/mol. The molecule has 0 heterocycles. The number of nitrogens with zero attached hydrogens (tertiary/aromatic N) is 2. The summed E-state index contributed by atoms with van der Waals surface area (Å²) < 4.78 is 30.0. The molecule has 0 unspecified atom stereocenters. The quantitative estimate of drug-likeness (QED) is 0.447. The molecule has 0 radical (unpaired) electrons. The van der Waals surface area contributed by atoms with E-state index in [-0.39, 0.29) is 33.6 Å². The van der Waals surface area contributed by atoms with Crippen molar-refractivity contribution in [1.29, 1.82) is 0 Å². The van der Waals surface area contributed by atoms with Crippen molar-refractivity contribution < 1.29 is 22.8 Å². The summed E-state index contributed by atoms with van der Waals surface area (Å²) in [6.45, 7) is 7.38. The van der Waals surface area contributed by atoms with Crippen LogP contribution < -0.4 is 0 Å². The number of hydrogen-bond donors (Lipinski definition) is 0. The minimum atomic E-state index is -4.04. The molecule has 0 aromatic heterocycles. The van der Waals surface area contributed by atoms with Crippen LogP contribution in [-0.2, 0) is 19.7 Å². The van der Waals surface area contributed by atoms with Gasteiger partial charge in [0.1, 0.15) is 5.71 Å². The molecule has 178 valence electrons. The molecular formula is C27H24N2O5S. The molecule has 0 N–H and O–H groups in total. The number of benzene rings is 2. The topological polar surface area (TPSA) is 102 Å². The zero-order valence-corrected chi connectivity index (χ0v) is 20.6. The number of carbonyl (C=O) groups is 2. The van der Waals surface area contributed by atoms with E-state index in [9.17, 15) is 18.0 Å². The second-order valence-electron chi connectivity index (χ2n) is 8.66. The molecule has 0 amide bonds. The second kappa shape index (κ2) is 9.38. The molecule has 0 saturated heterocycles. The molecule has 2 aromatic carbocycles. The summed E-state index contributed by atoms with van der Waals surface area (Å²) in [6, 6.07) is 12.9. The van der Waals surface area contributed by atoms with E-state index < -0.39 is 15.8 Å². The number of hydrogen-bond acceptors (Lipinski definition) is 6. The van der Waals surface area contributed by atoms with Crippen molar-refractivity contribution in [2.45, 2.75) is 32.6 Å². The fraction of sp³-hybridized carbons (Fsp3) is 0.185. The van der Waals surface area contributed by atoms with Crippen LogP contribution in [-0.4, -0.2) is 31.4 Å². The second-order valence-corrected chi connectivity index (χ2v) is 10.3. The third-order valence-electron chi connectivity index (χ3n) is 5.67. The molecule has 0 bridgehead atoms. The van der Waals surface area contributed by atoms with Crippen LogP contribution in [0.2, 0.25) is 0 Å². The van der Waals surface area contributed by atoms with Gasteiger partial charge in [-0.15, -0.1) is 0 Å². The van der Waals surface area contributed by atoms with Crippen molar-refractivity contribution >= 4 is 33.0 Å². The number of ketones is 2. The highest BCUT2D eigenvalue weighted by atomic mass is 32.2. The third-order valence-corrected chi connectivity index (χ3v) is 6.97. The Kier molecular flexibility index (Phi) is 6.49. The van der Waals surface area contributed by atoms with Crippen LogP contribution in [0.5, 0.6) is 0 Å². The maximum Gasteiger partial charge on any atom is 0.282 e. The summed E-state index contributed by atoms with van der Waals surface area (Å²) in [4.78, 5) is 30.8. The maximum atomic E-state index is 13.1. The Labute approximate surface area is 204 Å². The van der Waals surface area contributed by atoms with Gasteiger partial charge in [0.15, 0.2) is 5.78 Å². The molecule has 4 rings (SSSR count). The average molecular weight is 489 g/mol. The Bertz CT molecular complexity index is 1490. The lowest BCUT2D eigenvalue weighted by molar-refractivity contribution is -0.111. The number of oxime groups is 1. The summed E-state index contributed by atoms with van der Waals surface area (Å²) in [5.41, 5.74) is 3.22. The highest BCUT2D eigenvalue weighted by molar-refractivity contribution is 7.90. The smallest absolute Gasteiger partial charge is 0.282 e. The highest BCUT2D eigenvalue weighted by Crippen LogP contribution is 2.26. The number of rotatable bonds is 5. The van der Waals surface area contributed by atoms with Crippen LogP contribution in [0, 0.1) is 12.8 Å². The Morgan fingerprint density at radius 1 is 0.829 bits per heavy atom. The molecule has 35 heavy (non-hydrogen) atoms. The molecule has 2 aliphatic carbocycles. The van der Waals surface area contributed by atoms with Crippen molar-refractivity contribution in [3.8, 4) is 0 Å². The van der Waals surface area contributed by atoms with Crippen LogP contribution in [0.15, 0.2) is 98.1 Å². The van der Waals surface area contributed by atoms with E-state index in [1.165, 1.54) is 24.3 Å². The predicted octanol–water partition coefficient (Wildman–Crippen LogP) is 4.74. The van der Waals surface area contributed by atoms with Gasteiger partial charge in [0.25, 0.3) is 10.0 Å². The van der Waals surface area contributed by atoms with E-state index >= 15 is 0 Å². The van der Waals surface area contributed by atoms with Crippen molar-refractivity contribution in [3.63, 3.8) is 0 Å². The Hall–Kier alpha value is -3.91. The number of aryl methyl sites for hydroxylation is 1. The Morgan fingerprint density at radius 2 is 1.49 bits per heavy atom. The Balaban J connectivity index is 1.76. The van der Waals surface area contributed by atoms with E-state index in [1.54, 1.807) is 49.4 Å². The lowest BCUT2D eigenvalue weighted by atomic mass is 9.90. The first-order chi connectivity index (χ1) is 16.6. The highest BCUT2D eigenvalue weighted by Gasteiger charge is 2.28. The van der Waals surface area contributed by atoms with E-state index in [0.29, 0.717) is 22.4 Å². The molecular weight excluding hydrogens is 464 g/mol. The van der Waals surface area contributed by atoms with Crippen LogP contribution >= 0.6 is 0 Å². The molecule has 7 nitrogen and oxygen atoms in total. The minimum absolute atomic E-state index is 0.00910. The van der Waals surface area contributed by atoms with Gasteiger partial charge in [0.05, 0.1) is 10.6 Å². The van der Waals surface area contributed by atoms with Crippen molar-refractivity contribution in [2.75, 3.05) is 0 Å². The molecule has 0 saturated carbocycles. The number of Topliss-reactive ketones (excluding diaryl/α,β-unsaturated/α-hetero) is 1. The average Bonchev–Trinajstić information content (AvgIpc) is 2.81. The predicted molar refractivity (Wildman–Crippen MR) is 134 cm³/mol. The number of allylic oxidation sites excluding steroid dienone is 6. The van der Waals surface area contributed by atoms with Crippen molar-refractivity contribution in [2.24, 2.45) is 15.5 Å². The fourth-order valence-electron chi connectivity index (χ4n) is 3.67. The normalized spacial score (nSPS) is 18.4. The molecule has 2 aliphatic rings. The first-order valence-corrected chi connectivity index (χ1v) is 12.5. The molecule has 0 aliphatic heterocycles. The molecule has 8 heteroatoms. The van der Waals surface area contributed by atoms with E-state index in [4.69, 9.17) is 4.84 Å². The van der Waals surface area contributed by atoms with Gasteiger partial charge >= 0.3 is 0 Å². The number of sulfonamides is 1. The van der Waals surface area contributed by atoms with E-state index in [2.05, 4.69) is 9.55 Å². The summed E-state index contributed by atoms with van der Waals surface area (Å²) >= 11 is 0. The van der Waals surface area contributed by atoms with Crippen molar-refractivity contribution in [3.05, 3.63) is 100 Å². The fourth-order valence-corrected chi connectivity index (χ4v) is 4.67. The largest absolute Gasteiger partial charge is 0.352 e. The summed E-state index contributed by atoms with van der Waals surface area (Å²) in [5.74, 6) is -0.712. The Morgan fingerprint density at radius 3 is 2.14 bits per heavy atom. The molecule has 0 fully saturated rings. The maximum absolute atomic E-state index is 13.1. The van der Waals surface area contributed by atoms with Crippen LogP contribution in [0.3, 0.4) is 0 Å². The van der Waals surface area contributed by atoms with Gasteiger partial charge in [-0.2, -0.15) is 12.8 Å². The number of carbonyl (C=O) groups excluding carboxylic acids is 2. The first-order valence-electron chi connectivity index (χ1n) is 11.0. The van der Waals surface area contributed by atoms with Gasteiger partial charge in [-0.05, 0) is 49.6 Å². The van der Waals surface area contributed by atoms with Gasteiger partial charge in [-0.25, -0.2) is 0 Å². The molecule has 0 spiro atoms. The van der Waals surface area contributed by atoms with Gasteiger partial charge in [-0.1, -0.05) is 61.0 Å². The summed E-state index contributed by atoms with van der Waals surface area (Å²) in [6.07, 6.45) is 4.40.